The predicted octanol–water partition coefficient (Wildman–Crippen LogP) is 9.30. The number of hydrogen-bond donors (Lipinski definition) is 0. The van der Waals surface area contributed by atoms with Crippen LogP contribution >= 0.6 is 0 Å². The van der Waals surface area contributed by atoms with Crippen LogP contribution in [0.15, 0.2) is 133 Å². The molecule has 3 nitrogen and oxygen atoms in total. The Morgan fingerprint density at radius 2 is 1.19 bits per heavy atom. The molecule has 0 fully saturated rings. The van der Waals surface area contributed by atoms with Gasteiger partial charge < -0.3 is 9.80 Å². The fourth-order valence-electron chi connectivity index (χ4n) is 5.80. The topological polar surface area (TPSA) is 23.6 Å². The minimum Gasteiger partial charge on any atom is -0.334 e. The van der Waals surface area contributed by atoms with Crippen LogP contribution in [0.4, 0.5) is 11.4 Å². The molecule has 216 valence electrons. The summed E-state index contributed by atoms with van der Waals surface area (Å²) in [5.41, 5.74) is 7.25. The number of nitrogens with zero attached hydrogens (tertiary/aromatic N) is 2. The summed E-state index contributed by atoms with van der Waals surface area (Å²) in [5.74, 6) is 7.07. The number of anilines is 2. The molecule has 43 heavy (non-hydrogen) atoms. The molecule has 0 N–H and O–H groups in total. The Morgan fingerprint density at radius 1 is 0.674 bits per heavy atom. The minimum atomic E-state index is 0.0710. The second kappa shape index (κ2) is 13.4. The van der Waals surface area contributed by atoms with E-state index in [1.54, 1.807) is 0 Å². The van der Waals surface area contributed by atoms with Crippen LogP contribution in [-0.2, 0) is 0 Å². The Bertz CT molecular complexity index is 1590. The molecule has 4 aromatic rings. The number of rotatable bonds is 7. The highest BCUT2D eigenvalue weighted by molar-refractivity contribution is 5.95. The maximum Gasteiger partial charge on any atom is 0.254 e. The molecule has 0 aromatic heterocycles. The second-order valence-electron chi connectivity index (χ2n) is 11.7. The number of allylic oxidation sites excluding steroid dienone is 2. The van der Waals surface area contributed by atoms with Crippen LogP contribution in [-0.4, -0.2) is 28.9 Å². The van der Waals surface area contributed by atoms with Gasteiger partial charge in [0.15, 0.2) is 0 Å². The number of carbonyl (C=O) groups excluding carboxylic acids is 1. The van der Waals surface area contributed by atoms with Crippen molar-refractivity contribution in [1.82, 2.24) is 4.90 Å². The molecule has 0 radical (unpaired) electrons. The molecule has 2 unspecified atom stereocenters. The van der Waals surface area contributed by atoms with Gasteiger partial charge in [-0.15, -0.1) is 0 Å². The van der Waals surface area contributed by atoms with Crippen molar-refractivity contribution in [3.05, 3.63) is 144 Å². The molecular formula is C40H40N2O. The first kappa shape index (κ1) is 29.7. The molecule has 1 aliphatic rings. The third kappa shape index (κ3) is 6.99. The van der Waals surface area contributed by atoms with Crippen LogP contribution < -0.4 is 4.90 Å². The van der Waals surface area contributed by atoms with Gasteiger partial charge in [-0.2, -0.15) is 0 Å². The summed E-state index contributed by atoms with van der Waals surface area (Å²) < 4.78 is 0. The highest BCUT2D eigenvalue weighted by atomic mass is 16.2. The largest absolute Gasteiger partial charge is 0.334 e. The molecule has 3 heteroatoms. The van der Waals surface area contributed by atoms with Crippen molar-refractivity contribution in [2.75, 3.05) is 4.90 Å². The molecule has 0 spiro atoms. The average Bonchev–Trinajstić information content (AvgIpc) is 3.02. The van der Waals surface area contributed by atoms with E-state index in [2.05, 4.69) is 155 Å². The third-order valence-electron chi connectivity index (χ3n) is 7.87. The van der Waals surface area contributed by atoms with E-state index >= 15 is 0 Å². The lowest BCUT2D eigenvalue weighted by Crippen LogP contribution is -2.42. The van der Waals surface area contributed by atoms with Gasteiger partial charge in [0, 0.05) is 40.2 Å². The van der Waals surface area contributed by atoms with Gasteiger partial charge in [-0.1, -0.05) is 91.6 Å². The molecule has 0 saturated heterocycles. The molecule has 1 aliphatic carbocycles. The van der Waals surface area contributed by atoms with Gasteiger partial charge in [-0.05, 0) is 99.3 Å². The van der Waals surface area contributed by atoms with Gasteiger partial charge in [-0.3, -0.25) is 4.79 Å². The average molecular weight is 565 g/mol. The van der Waals surface area contributed by atoms with Crippen LogP contribution in [0.25, 0.3) is 11.1 Å². The van der Waals surface area contributed by atoms with Crippen LogP contribution in [0.2, 0.25) is 0 Å². The number of carbonyl (C=O) groups is 1. The number of amides is 1. The molecule has 5 rings (SSSR count). The first-order chi connectivity index (χ1) is 20.8. The van der Waals surface area contributed by atoms with Crippen molar-refractivity contribution < 1.29 is 4.79 Å². The van der Waals surface area contributed by atoms with Crippen molar-refractivity contribution in [1.29, 1.82) is 0 Å². The van der Waals surface area contributed by atoms with E-state index < -0.39 is 0 Å². The van der Waals surface area contributed by atoms with Gasteiger partial charge in [0.05, 0.1) is 6.04 Å². The van der Waals surface area contributed by atoms with Crippen LogP contribution in [0.3, 0.4) is 0 Å². The summed E-state index contributed by atoms with van der Waals surface area (Å²) in [4.78, 5) is 17.3. The number of benzene rings is 4. The summed E-state index contributed by atoms with van der Waals surface area (Å²) in [7, 11) is 0. The standard InChI is InChI=1S/C40H40N2O/c1-29(2)41(30(3)4)40(43)36-25-23-35(24-26-36)34-21-18-32(19-22-34)16-17-33-20-27-39(31(5)28-33)42(37-12-8-6-9-13-37)38-14-10-7-11-15-38/h6-15,18-31,39H,1-5H3. The van der Waals surface area contributed by atoms with Crippen LogP contribution in [0.5, 0.6) is 0 Å². The quantitative estimate of drug-likeness (QED) is 0.209. The second-order valence-corrected chi connectivity index (χ2v) is 11.7. The SMILES string of the molecule is CC1C=C(C#Cc2ccc(-c3ccc(C(=O)N(C(C)C)C(C)C)cc3)cc2)C=CC1N(c1ccccc1)c1ccccc1. The molecule has 0 saturated carbocycles. The lowest BCUT2D eigenvalue weighted by Gasteiger charge is -2.36. The van der Waals surface area contributed by atoms with Crippen LogP contribution in [0.1, 0.15) is 50.5 Å². The Morgan fingerprint density at radius 3 is 1.67 bits per heavy atom. The predicted molar refractivity (Wildman–Crippen MR) is 180 cm³/mol. The minimum absolute atomic E-state index is 0.0710. The Kier molecular flexibility index (Phi) is 9.28. The van der Waals surface area contributed by atoms with E-state index in [0.717, 1.165) is 27.8 Å². The highest BCUT2D eigenvalue weighted by Gasteiger charge is 2.25. The van der Waals surface area contributed by atoms with Crippen molar-refractivity contribution in [2.24, 2.45) is 5.92 Å². The Hall–Kier alpha value is -4.81. The molecule has 0 aliphatic heterocycles. The number of hydrogen-bond acceptors (Lipinski definition) is 2. The summed E-state index contributed by atoms with van der Waals surface area (Å²) in [6.07, 6.45) is 6.69. The third-order valence-corrected chi connectivity index (χ3v) is 7.87. The maximum atomic E-state index is 13.0. The van der Waals surface area contributed by atoms with E-state index in [-0.39, 0.29) is 30.0 Å². The van der Waals surface area contributed by atoms with E-state index in [1.165, 1.54) is 11.4 Å². The maximum absolute atomic E-state index is 13.0. The first-order valence-electron chi connectivity index (χ1n) is 15.2. The highest BCUT2D eigenvalue weighted by Crippen LogP contribution is 2.33. The van der Waals surface area contributed by atoms with Crippen molar-refractivity contribution in [3.63, 3.8) is 0 Å². The van der Waals surface area contributed by atoms with Crippen molar-refractivity contribution >= 4 is 17.3 Å². The van der Waals surface area contributed by atoms with E-state index in [1.807, 2.05) is 29.2 Å². The lowest BCUT2D eigenvalue weighted by atomic mass is 9.91. The zero-order valence-corrected chi connectivity index (χ0v) is 25.7. The monoisotopic (exact) mass is 564 g/mol. The van der Waals surface area contributed by atoms with Gasteiger partial charge >= 0.3 is 0 Å². The van der Waals surface area contributed by atoms with Gasteiger partial charge in [0.1, 0.15) is 0 Å². The molecule has 0 bridgehead atoms. The zero-order valence-electron chi connectivity index (χ0n) is 25.7. The molecule has 0 heterocycles. The van der Waals surface area contributed by atoms with E-state index in [0.29, 0.717) is 0 Å². The van der Waals surface area contributed by atoms with Gasteiger partial charge in [0.25, 0.3) is 5.91 Å². The zero-order chi connectivity index (χ0) is 30.3. The first-order valence-corrected chi connectivity index (χ1v) is 15.2. The normalized spacial score (nSPS) is 15.9. The smallest absolute Gasteiger partial charge is 0.254 e. The number of para-hydroxylation sites is 2. The van der Waals surface area contributed by atoms with Crippen molar-refractivity contribution in [2.45, 2.75) is 52.7 Å². The molecule has 2 atom stereocenters. The van der Waals surface area contributed by atoms with E-state index in [4.69, 9.17) is 0 Å². The van der Waals surface area contributed by atoms with Gasteiger partial charge in [0.2, 0.25) is 0 Å². The molecule has 1 amide bonds. The Balaban J connectivity index is 1.28. The summed E-state index contributed by atoms with van der Waals surface area (Å²) in [6, 6.07) is 37.8. The summed E-state index contributed by atoms with van der Waals surface area (Å²) in [5, 5.41) is 0. The lowest BCUT2D eigenvalue weighted by molar-refractivity contribution is 0.0643. The van der Waals surface area contributed by atoms with E-state index in [9.17, 15) is 4.79 Å². The summed E-state index contributed by atoms with van der Waals surface area (Å²) >= 11 is 0. The fourth-order valence-corrected chi connectivity index (χ4v) is 5.80. The summed E-state index contributed by atoms with van der Waals surface area (Å²) in [6.45, 7) is 10.5. The molecule has 4 aromatic carbocycles. The van der Waals surface area contributed by atoms with Crippen LogP contribution in [0, 0.1) is 17.8 Å². The Labute approximate surface area is 257 Å². The fraction of sp³-hybridized carbons (Fsp3) is 0.225. The molecular weight excluding hydrogens is 524 g/mol. The van der Waals surface area contributed by atoms with Gasteiger partial charge in [-0.25, -0.2) is 0 Å². The van der Waals surface area contributed by atoms with Crippen molar-refractivity contribution in [3.8, 4) is 23.0 Å².